The lowest BCUT2D eigenvalue weighted by molar-refractivity contribution is -0.145. The lowest BCUT2D eigenvalue weighted by Crippen LogP contribution is -2.41. The molecule has 32 heavy (non-hydrogen) atoms. The van der Waals surface area contributed by atoms with Crippen LogP contribution in [0.4, 0.5) is 0 Å². The highest BCUT2D eigenvalue weighted by atomic mass is 16.5. The zero-order valence-electron chi connectivity index (χ0n) is 19.7. The third kappa shape index (κ3) is 3.49. The third-order valence-electron chi connectivity index (χ3n) is 7.49. The van der Waals surface area contributed by atoms with Crippen molar-refractivity contribution < 1.29 is 24.5 Å². The van der Waals surface area contributed by atoms with E-state index in [-0.39, 0.29) is 5.92 Å². The Morgan fingerprint density at radius 1 is 1.22 bits per heavy atom. The van der Waals surface area contributed by atoms with Crippen LogP contribution in [0.1, 0.15) is 53.0 Å². The van der Waals surface area contributed by atoms with Gasteiger partial charge in [0.15, 0.2) is 0 Å². The van der Waals surface area contributed by atoms with Gasteiger partial charge in [0, 0.05) is 18.8 Å². The molecule has 0 radical (unpaired) electrons. The van der Waals surface area contributed by atoms with E-state index in [1.807, 2.05) is 64.1 Å². The number of aliphatic hydroxyl groups excluding tert-OH is 1. The monoisotopic (exact) mass is 436 g/mol. The molecule has 170 valence electrons. The number of fused-ring (bicyclic) bond motifs is 1. The van der Waals surface area contributed by atoms with Gasteiger partial charge in [-0.25, -0.2) is 0 Å². The summed E-state index contributed by atoms with van der Waals surface area (Å²) in [5.41, 5.74) is 1.91. The first kappa shape index (κ1) is 22.4. The van der Waals surface area contributed by atoms with Crippen molar-refractivity contribution in [3.63, 3.8) is 0 Å². The average molecular weight is 437 g/mol. The van der Waals surface area contributed by atoms with E-state index < -0.39 is 23.1 Å². The van der Waals surface area contributed by atoms with Gasteiger partial charge in [-0.15, -0.1) is 0 Å². The highest BCUT2D eigenvalue weighted by Gasteiger charge is 2.49. The maximum absolute atomic E-state index is 12.6. The summed E-state index contributed by atoms with van der Waals surface area (Å²) in [6.07, 6.45) is 0.404. The average Bonchev–Trinajstić information content (AvgIpc) is 3.12. The number of aliphatic hydroxyl groups is 1. The summed E-state index contributed by atoms with van der Waals surface area (Å²) in [4.78, 5) is 12.6. The van der Waals surface area contributed by atoms with E-state index in [1.54, 1.807) is 14.0 Å². The molecule has 0 amide bonds. The first-order chi connectivity index (χ1) is 15.0. The highest BCUT2D eigenvalue weighted by Crippen LogP contribution is 2.50. The van der Waals surface area contributed by atoms with Crippen molar-refractivity contribution in [3.05, 3.63) is 64.4 Å². The number of ether oxygens (including phenoxy) is 2. The fourth-order valence-electron chi connectivity index (χ4n) is 5.32. The van der Waals surface area contributed by atoms with Crippen LogP contribution >= 0.6 is 0 Å². The molecule has 5 heteroatoms. The first-order valence-electron chi connectivity index (χ1n) is 11.1. The molecule has 2 N–H and O–H groups in total. The molecule has 1 heterocycles. The number of hydrogen-bond acceptors (Lipinski definition) is 4. The maximum atomic E-state index is 12.6. The van der Waals surface area contributed by atoms with Gasteiger partial charge >= 0.3 is 5.97 Å². The van der Waals surface area contributed by atoms with Gasteiger partial charge in [0.05, 0.1) is 18.6 Å². The number of carboxylic acids is 1. The van der Waals surface area contributed by atoms with Crippen molar-refractivity contribution in [2.45, 2.75) is 64.6 Å². The summed E-state index contributed by atoms with van der Waals surface area (Å²) in [5, 5.41) is 22.9. The van der Waals surface area contributed by atoms with E-state index in [4.69, 9.17) is 9.47 Å². The molecule has 0 spiro atoms. The number of carbonyl (C=O) groups is 1. The van der Waals surface area contributed by atoms with Gasteiger partial charge in [-0.1, -0.05) is 31.2 Å². The molecule has 0 aromatic heterocycles. The van der Waals surface area contributed by atoms with Crippen molar-refractivity contribution >= 4 is 16.7 Å². The minimum atomic E-state index is -1.13. The third-order valence-corrected chi connectivity index (χ3v) is 7.49. The summed E-state index contributed by atoms with van der Waals surface area (Å²) < 4.78 is 11.8. The lowest BCUT2D eigenvalue weighted by Gasteiger charge is -2.35. The normalized spacial score (nSPS) is 27.2. The molecule has 4 unspecified atom stereocenters. The standard InChI is InChI=1S/C27H32O5/c1-15-16(2)24-22(17(3)23(15)28)13-26(4,32-24)14-27(5,25(29)30)20-9-7-19-12-21(31-6)10-8-18(19)11-20/h7-12,17,23,28H,13-14H2,1-6H3,(H,29,30). The number of benzene rings is 2. The number of rotatable bonds is 5. The maximum Gasteiger partial charge on any atom is 0.313 e. The van der Waals surface area contributed by atoms with Crippen molar-refractivity contribution in [1.82, 2.24) is 0 Å². The number of methoxy groups -OCH3 is 1. The number of aliphatic carboxylic acids is 1. The minimum absolute atomic E-state index is 0.0396. The van der Waals surface area contributed by atoms with E-state index in [0.29, 0.717) is 12.8 Å². The fourth-order valence-corrected chi connectivity index (χ4v) is 5.32. The Balaban J connectivity index is 1.68. The second kappa shape index (κ2) is 7.66. The molecule has 5 nitrogen and oxygen atoms in total. The molecule has 2 aromatic carbocycles. The van der Waals surface area contributed by atoms with Crippen LogP contribution in [0.15, 0.2) is 58.9 Å². The first-order valence-corrected chi connectivity index (χ1v) is 11.1. The van der Waals surface area contributed by atoms with Gasteiger partial charge in [-0.2, -0.15) is 0 Å². The largest absolute Gasteiger partial charge is 0.497 e. The Kier molecular flexibility index (Phi) is 5.36. The zero-order valence-corrected chi connectivity index (χ0v) is 19.7. The smallest absolute Gasteiger partial charge is 0.313 e. The Hall–Kier alpha value is -2.79. The summed E-state index contributed by atoms with van der Waals surface area (Å²) in [7, 11) is 1.63. The van der Waals surface area contributed by atoms with E-state index in [9.17, 15) is 15.0 Å². The van der Waals surface area contributed by atoms with Crippen molar-refractivity contribution in [1.29, 1.82) is 0 Å². The fraction of sp³-hybridized carbons (Fsp3) is 0.444. The van der Waals surface area contributed by atoms with Gasteiger partial charge in [0.25, 0.3) is 0 Å². The molecule has 4 rings (SSSR count). The van der Waals surface area contributed by atoms with Crippen molar-refractivity contribution in [3.8, 4) is 5.75 Å². The molecule has 0 fully saturated rings. The molecular formula is C27H32O5. The second-order valence-electron chi connectivity index (χ2n) is 9.87. The molecule has 2 aliphatic rings. The molecule has 1 aliphatic carbocycles. The quantitative estimate of drug-likeness (QED) is 0.660. The van der Waals surface area contributed by atoms with Crippen LogP contribution in [0, 0.1) is 5.92 Å². The number of carboxylic acid groups (broad SMARTS) is 1. The number of allylic oxidation sites excluding steroid dienone is 1. The molecule has 0 saturated heterocycles. The summed E-state index contributed by atoms with van der Waals surface area (Å²) in [6.45, 7) is 9.68. The molecule has 1 aliphatic heterocycles. The predicted molar refractivity (Wildman–Crippen MR) is 125 cm³/mol. The topological polar surface area (TPSA) is 76.0 Å². The SMILES string of the molecule is COc1ccc2cc(C(C)(CC3(C)CC4=C(O3)C(C)=C(C)C(O)C4C)C(=O)O)ccc2c1. The van der Waals surface area contributed by atoms with Gasteiger partial charge in [-0.3, -0.25) is 4.79 Å². The summed E-state index contributed by atoms with van der Waals surface area (Å²) >= 11 is 0. The van der Waals surface area contributed by atoms with Crippen LogP contribution in [0.25, 0.3) is 10.8 Å². The molecular weight excluding hydrogens is 404 g/mol. The number of hydrogen-bond donors (Lipinski definition) is 2. The van der Waals surface area contributed by atoms with Crippen molar-refractivity contribution in [2.24, 2.45) is 5.92 Å². The minimum Gasteiger partial charge on any atom is -0.497 e. The van der Waals surface area contributed by atoms with Crippen LogP contribution in [-0.2, 0) is 14.9 Å². The lowest BCUT2D eigenvalue weighted by atomic mass is 9.71. The van der Waals surface area contributed by atoms with E-state index >= 15 is 0 Å². The van der Waals surface area contributed by atoms with Crippen LogP contribution in [0.3, 0.4) is 0 Å². The van der Waals surface area contributed by atoms with Crippen LogP contribution < -0.4 is 4.74 Å². The Bertz CT molecular complexity index is 1160. The molecule has 0 saturated carbocycles. The Labute approximate surface area is 189 Å². The summed E-state index contributed by atoms with van der Waals surface area (Å²) in [6, 6.07) is 11.6. The Morgan fingerprint density at radius 2 is 1.88 bits per heavy atom. The molecule has 0 bridgehead atoms. The van der Waals surface area contributed by atoms with Crippen LogP contribution in [-0.4, -0.2) is 35.0 Å². The van der Waals surface area contributed by atoms with Gasteiger partial charge < -0.3 is 19.7 Å². The van der Waals surface area contributed by atoms with Crippen LogP contribution in [0.2, 0.25) is 0 Å². The van der Waals surface area contributed by atoms with Crippen molar-refractivity contribution in [2.75, 3.05) is 7.11 Å². The van der Waals surface area contributed by atoms with E-state index in [2.05, 4.69) is 0 Å². The molecule has 4 atom stereocenters. The molecule has 2 aromatic rings. The predicted octanol–water partition coefficient (Wildman–Crippen LogP) is 5.36. The van der Waals surface area contributed by atoms with Gasteiger partial charge in [0.1, 0.15) is 17.1 Å². The van der Waals surface area contributed by atoms with Crippen LogP contribution in [0.5, 0.6) is 5.75 Å². The summed E-state index contributed by atoms with van der Waals surface area (Å²) in [5.74, 6) is 0.685. The van der Waals surface area contributed by atoms with E-state index in [1.165, 1.54) is 0 Å². The Morgan fingerprint density at radius 3 is 2.53 bits per heavy atom. The second-order valence-corrected chi connectivity index (χ2v) is 9.87. The van der Waals surface area contributed by atoms with E-state index in [0.717, 1.165) is 44.6 Å². The van der Waals surface area contributed by atoms with Gasteiger partial charge in [0.2, 0.25) is 0 Å². The van der Waals surface area contributed by atoms with Gasteiger partial charge in [-0.05, 0) is 72.9 Å². The highest BCUT2D eigenvalue weighted by molar-refractivity contribution is 5.88. The zero-order chi connectivity index (χ0) is 23.4.